The summed E-state index contributed by atoms with van der Waals surface area (Å²) in [7, 11) is 0. The molecule has 0 aliphatic heterocycles. The van der Waals surface area contributed by atoms with Crippen molar-refractivity contribution in [2.75, 3.05) is 22.4 Å². The Morgan fingerprint density at radius 1 is 0.706 bits per heavy atom. The first kappa shape index (κ1) is 30.4. The van der Waals surface area contributed by atoms with Gasteiger partial charge in [-0.05, 0) is 73.7 Å². The van der Waals surface area contributed by atoms with E-state index >= 15 is 0 Å². The minimum atomic E-state index is -0.148. The molecule has 0 aliphatic rings. The number of hydrogen-bond acceptors (Lipinski definition) is 4. The number of benzene rings is 2. The molecule has 0 spiro atoms. The van der Waals surface area contributed by atoms with E-state index in [1.54, 1.807) is 36.4 Å². The quantitative estimate of drug-likeness (QED) is 0.215. The normalized spacial score (nSPS) is 9.76. The fourth-order valence-electron chi connectivity index (χ4n) is 2.29. The van der Waals surface area contributed by atoms with Crippen LogP contribution >= 0.6 is 70.8 Å². The topological polar surface area (TPSA) is 82.3 Å². The lowest BCUT2D eigenvalue weighted by molar-refractivity contribution is -0.120. The molecule has 0 heterocycles. The molecule has 0 atom stereocenters. The molecule has 2 rings (SSSR count). The zero-order valence-electron chi connectivity index (χ0n) is 18.0. The first-order valence-electron chi connectivity index (χ1n) is 10.1. The van der Waals surface area contributed by atoms with E-state index < -0.39 is 0 Å². The third kappa shape index (κ3) is 14.6. The van der Waals surface area contributed by atoms with E-state index in [-0.39, 0.29) is 22.0 Å². The number of hydrogen-bond donors (Lipinski definition) is 4. The molecule has 2 aromatic rings. The Morgan fingerprint density at radius 2 is 1.09 bits per heavy atom. The first-order chi connectivity index (χ1) is 16.2. The van der Waals surface area contributed by atoms with Gasteiger partial charge >= 0.3 is 0 Å². The number of carbonyl (C=O) groups excluding carboxylic acids is 2. The second-order valence-corrected chi connectivity index (χ2v) is 9.06. The van der Waals surface area contributed by atoms with Crippen LogP contribution in [0.25, 0.3) is 0 Å². The Bertz CT molecular complexity index is 902. The Kier molecular flexibility index (Phi) is 15.8. The van der Waals surface area contributed by atoms with E-state index in [1.165, 1.54) is 0 Å². The van der Waals surface area contributed by atoms with Gasteiger partial charge in [-0.25, -0.2) is 0 Å². The summed E-state index contributed by atoms with van der Waals surface area (Å²) in [5.74, 6) is 0.624. The fourth-order valence-corrected chi connectivity index (χ4v) is 3.40. The van der Waals surface area contributed by atoms with E-state index in [1.807, 2.05) is 12.1 Å². The third-order valence-corrected chi connectivity index (χ3v) is 5.16. The molecule has 184 valence electrons. The number of halogens is 4. The SMILES string of the molecule is O=C(CCCCl)NC(=S)Nc1cccc(Cl)c1.O=C(CCCCl)NC(=S)Nc1cccc(Cl)c1. The predicted molar refractivity (Wildman–Crippen MR) is 152 cm³/mol. The average molecular weight is 582 g/mol. The molecule has 0 unspecified atom stereocenters. The fraction of sp³-hybridized carbons (Fsp3) is 0.273. The lowest BCUT2D eigenvalue weighted by Gasteiger charge is -2.09. The summed E-state index contributed by atoms with van der Waals surface area (Å²) in [6.45, 7) is 0. The van der Waals surface area contributed by atoms with E-state index in [0.717, 1.165) is 11.4 Å². The van der Waals surface area contributed by atoms with Crippen molar-refractivity contribution in [1.29, 1.82) is 0 Å². The highest BCUT2D eigenvalue weighted by Gasteiger charge is 2.05. The highest BCUT2D eigenvalue weighted by atomic mass is 35.5. The molecule has 0 saturated carbocycles. The first-order valence-corrected chi connectivity index (χ1v) is 12.7. The van der Waals surface area contributed by atoms with Crippen molar-refractivity contribution in [2.45, 2.75) is 25.7 Å². The van der Waals surface area contributed by atoms with Crippen molar-refractivity contribution in [3.05, 3.63) is 58.6 Å². The molecule has 0 bridgehead atoms. The maximum atomic E-state index is 11.3. The number of alkyl halides is 2. The standard InChI is InChI=1S/2C11H12Cl2N2OS/c2*12-6-2-5-10(16)15-11(17)14-9-4-1-3-8(13)7-9/h2*1,3-4,7H,2,5-6H2,(H2,14,15,16,17). The van der Waals surface area contributed by atoms with Crippen LogP contribution < -0.4 is 21.3 Å². The van der Waals surface area contributed by atoms with Crippen molar-refractivity contribution >= 4 is 104 Å². The smallest absolute Gasteiger partial charge is 0.226 e. The number of thiocarbonyl (C=S) groups is 2. The van der Waals surface area contributed by atoms with Gasteiger partial charge in [0.15, 0.2) is 10.2 Å². The summed E-state index contributed by atoms with van der Waals surface area (Å²) < 4.78 is 0. The lowest BCUT2D eigenvalue weighted by atomic mass is 10.3. The molecule has 0 saturated heterocycles. The zero-order chi connectivity index (χ0) is 25.3. The van der Waals surface area contributed by atoms with Gasteiger partial charge in [0.1, 0.15) is 0 Å². The van der Waals surface area contributed by atoms with Crippen LogP contribution in [0.15, 0.2) is 48.5 Å². The van der Waals surface area contributed by atoms with Crippen LogP contribution in [-0.4, -0.2) is 33.8 Å². The largest absolute Gasteiger partial charge is 0.332 e. The van der Waals surface area contributed by atoms with Crippen LogP contribution in [0.2, 0.25) is 10.0 Å². The van der Waals surface area contributed by atoms with Gasteiger partial charge in [-0.1, -0.05) is 35.3 Å². The van der Waals surface area contributed by atoms with E-state index in [2.05, 4.69) is 21.3 Å². The van der Waals surface area contributed by atoms with Crippen LogP contribution in [0.4, 0.5) is 11.4 Å². The monoisotopic (exact) mass is 580 g/mol. The summed E-state index contributed by atoms with van der Waals surface area (Å²) in [6.07, 6.45) is 1.99. The molecular weight excluding hydrogens is 558 g/mol. The Hall–Kier alpha value is -1.68. The third-order valence-electron chi connectivity index (χ3n) is 3.75. The van der Waals surface area contributed by atoms with Crippen LogP contribution in [-0.2, 0) is 9.59 Å². The minimum absolute atomic E-state index is 0.148. The van der Waals surface area contributed by atoms with E-state index in [4.69, 9.17) is 70.8 Å². The number of nitrogens with one attached hydrogen (secondary N) is 4. The van der Waals surface area contributed by atoms with Gasteiger partial charge in [0.05, 0.1) is 0 Å². The molecule has 0 fully saturated rings. The Labute approximate surface area is 230 Å². The van der Waals surface area contributed by atoms with Gasteiger partial charge in [-0.2, -0.15) is 0 Å². The summed E-state index contributed by atoms with van der Waals surface area (Å²) in [5, 5.41) is 12.6. The van der Waals surface area contributed by atoms with Gasteiger partial charge < -0.3 is 21.3 Å². The molecule has 12 heteroatoms. The second kappa shape index (κ2) is 17.7. The van der Waals surface area contributed by atoms with Crippen molar-refractivity contribution in [3.63, 3.8) is 0 Å². The zero-order valence-corrected chi connectivity index (χ0v) is 22.7. The molecule has 0 radical (unpaired) electrons. The van der Waals surface area contributed by atoms with Gasteiger partial charge in [-0.3, -0.25) is 9.59 Å². The molecule has 2 aromatic carbocycles. The van der Waals surface area contributed by atoms with Crippen LogP contribution in [0, 0.1) is 0 Å². The summed E-state index contributed by atoms with van der Waals surface area (Å²) >= 11 is 32.6. The van der Waals surface area contributed by atoms with Crippen LogP contribution in [0.1, 0.15) is 25.7 Å². The Balaban J connectivity index is 0.000000340. The van der Waals surface area contributed by atoms with Gasteiger partial charge in [-0.15, -0.1) is 23.2 Å². The minimum Gasteiger partial charge on any atom is -0.332 e. The Morgan fingerprint density at radius 3 is 1.41 bits per heavy atom. The van der Waals surface area contributed by atoms with Crippen molar-refractivity contribution in [1.82, 2.24) is 10.6 Å². The second-order valence-electron chi connectivity index (χ2n) is 6.61. The lowest BCUT2D eigenvalue weighted by Crippen LogP contribution is -2.33. The number of rotatable bonds is 8. The molecule has 34 heavy (non-hydrogen) atoms. The van der Waals surface area contributed by atoms with Gasteiger partial charge in [0, 0.05) is 46.0 Å². The van der Waals surface area contributed by atoms with Gasteiger partial charge in [0.25, 0.3) is 0 Å². The summed E-state index contributed by atoms with van der Waals surface area (Å²) in [5.41, 5.74) is 1.47. The molecule has 0 aliphatic carbocycles. The summed E-state index contributed by atoms with van der Waals surface area (Å²) in [6, 6.07) is 14.2. The van der Waals surface area contributed by atoms with Crippen molar-refractivity contribution < 1.29 is 9.59 Å². The number of anilines is 2. The van der Waals surface area contributed by atoms with Crippen LogP contribution in [0.3, 0.4) is 0 Å². The number of carbonyl (C=O) groups is 2. The van der Waals surface area contributed by atoms with Gasteiger partial charge in [0.2, 0.25) is 11.8 Å². The van der Waals surface area contributed by atoms with E-state index in [0.29, 0.717) is 47.5 Å². The van der Waals surface area contributed by atoms with Crippen LogP contribution in [0.5, 0.6) is 0 Å². The molecule has 4 N–H and O–H groups in total. The molecule has 0 aromatic heterocycles. The highest BCUT2D eigenvalue weighted by molar-refractivity contribution is 7.80. The van der Waals surface area contributed by atoms with Crippen molar-refractivity contribution in [2.24, 2.45) is 0 Å². The highest BCUT2D eigenvalue weighted by Crippen LogP contribution is 2.15. The maximum Gasteiger partial charge on any atom is 0.226 e. The molecule has 2 amide bonds. The number of amides is 2. The van der Waals surface area contributed by atoms with Crippen molar-refractivity contribution in [3.8, 4) is 0 Å². The van der Waals surface area contributed by atoms with E-state index in [9.17, 15) is 9.59 Å². The predicted octanol–water partition coefficient (Wildman–Crippen LogP) is 6.34. The maximum absolute atomic E-state index is 11.3. The summed E-state index contributed by atoms with van der Waals surface area (Å²) in [4.78, 5) is 22.7. The molecule has 6 nitrogen and oxygen atoms in total. The molecular formula is C22H24Cl4N4O2S2. The average Bonchev–Trinajstić information content (AvgIpc) is 2.76.